The Labute approximate surface area is 193 Å². The summed E-state index contributed by atoms with van der Waals surface area (Å²) in [7, 11) is 0. The fraction of sp³-hybridized carbons (Fsp3) is 0.0417. The van der Waals surface area contributed by atoms with E-state index >= 15 is 0 Å². The number of amides is 1. The van der Waals surface area contributed by atoms with Crippen LogP contribution in [0.25, 0.3) is 0 Å². The number of rotatable bonds is 6. The van der Waals surface area contributed by atoms with Crippen molar-refractivity contribution in [1.29, 1.82) is 0 Å². The molecule has 0 radical (unpaired) electrons. The van der Waals surface area contributed by atoms with E-state index in [4.69, 9.17) is 23.2 Å². The first-order valence-corrected chi connectivity index (χ1v) is 10.3. The summed E-state index contributed by atoms with van der Waals surface area (Å²) in [5.41, 5.74) is 1.53. The average molecular weight is 468 g/mol. The van der Waals surface area contributed by atoms with Crippen LogP contribution in [0, 0.1) is 5.82 Å². The van der Waals surface area contributed by atoms with Crippen LogP contribution in [0.2, 0.25) is 10.0 Å². The Morgan fingerprint density at radius 2 is 1.66 bits per heavy atom. The van der Waals surface area contributed by atoms with E-state index in [1.165, 1.54) is 23.0 Å². The van der Waals surface area contributed by atoms with Gasteiger partial charge in [0.05, 0.1) is 12.1 Å². The lowest BCUT2D eigenvalue weighted by Gasteiger charge is -2.09. The second-order valence-corrected chi connectivity index (χ2v) is 7.83. The number of nitrogens with one attached hydrogen (secondary N) is 1. The van der Waals surface area contributed by atoms with Gasteiger partial charge in [-0.05, 0) is 48.0 Å². The number of halogens is 3. The van der Waals surface area contributed by atoms with Gasteiger partial charge in [0.2, 0.25) is 0 Å². The Kier molecular flexibility index (Phi) is 6.35. The Balaban J connectivity index is 1.55. The Hall–Kier alpha value is -3.48. The highest BCUT2D eigenvalue weighted by Gasteiger charge is 2.20. The zero-order valence-electron chi connectivity index (χ0n) is 16.6. The van der Waals surface area contributed by atoms with Gasteiger partial charge in [0.1, 0.15) is 10.8 Å². The number of carbonyl (C=O) groups is 2. The van der Waals surface area contributed by atoms with E-state index in [1.54, 1.807) is 60.7 Å². The highest BCUT2D eigenvalue weighted by molar-refractivity contribution is 6.33. The van der Waals surface area contributed by atoms with Gasteiger partial charge in [0.25, 0.3) is 5.91 Å². The van der Waals surface area contributed by atoms with Crippen LogP contribution in [0.15, 0.2) is 79.0 Å². The lowest BCUT2D eigenvalue weighted by atomic mass is 9.98. The molecule has 0 aliphatic heterocycles. The largest absolute Gasteiger partial charge is 0.304 e. The molecular weight excluding hydrogens is 452 g/mol. The Bertz CT molecular complexity index is 1300. The SMILES string of the molecule is O=C(Nc1nn(Cc2cccc(F)c2)cc1Cl)c1ccccc1C(=O)c1ccc(Cl)cc1. The van der Waals surface area contributed by atoms with E-state index in [2.05, 4.69) is 10.4 Å². The number of anilines is 1. The minimum atomic E-state index is -0.527. The topological polar surface area (TPSA) is 64.0 Å². The molecule has 8 heteroatoms. The molecule has 4 aromatic rings. The lowest BCUT2D eigenvalue weighted by molar-refractivity contribution is 0.0996. The van der Waals surface area contributed by atoms with E-state index in [0.717, 1.165) is 0 Å². The quantitative estimate of drug-likeness (QED) is 0.361. The van der Waals surface area contributed by atoms with Crippen LogP contribution in [0.1, 0.15) is 31.8 Å². The van der Waals surface area contributed by atoms with Gasteiger partial charge in [-0.15, -0.1) is 0 Å². The summed E-state index contributed by atoms with van der Waals surface area (Å²) in [5, 5.41) is 7.65. The number of hydrogen-bond acceptors (Lipinski definition) is 3. The average Bonchev–Trinajstić information content (AvgIpc) is 3.12. The van der Waals surface area contributed by atoms with Crippen molar-refractivity contribution in [3.8, 4) is 0 Å². The molecule has 1 N–H and O–H groups in total. The van der Waals surface area contributed by atoms with Gasteiger partial charge < -0.3 is 5.32 Å². The van der Waals surface area contributed by atoms with E-state index in [0.29, 0.717) is 16.1 Å². The summed E-state index contributed by atoms with van der Waals surface area (Å²) in [6.07, 6.45) is 1.53. The molecule has 0 saturated carbocycles. The van der Waals surface area contributed by atoms with Gasteiger partial charge in [-0.2, -0.15) is 5.10 Å². The molecule has 0 fully saturated rings. The molecule has 1 heterocycles. The number of benzene rings is 3. The van der Waals surface area contributed by atoms with Gasteiger partial charge in [-0.25, -0.2) is 4.39 Å². The fourth-order valence-electron chi connectivity index (χ4n) is 3.20. The Morgan fingerprint density at radius 1 is 0.938 bits per heavy atom. The maximum Gasteiger partial charge on any atom is 0.257 e. The molecule has 0 aliphatic carbocycles. The van der Waals surface area contributed by atoms with Crippen molar-refractivity contribution in [2.24, 2.45) is 0 Å². The summed E-state index contributed by atoms with van der Waals surface area (Å²) in [6, 6.07) is 19.0. The van der Waals surface area contributed by atoms with Crippen LogP contribution < -0.4 is 5.32 Å². The van der Waals surface area contributed by atoms with Gasteiger partial charge in [0, 0.05) is 22.3 Å². The predicted octanol–water partition coefficient (Wildman–Crippen LogP) is 5.86. The summed E-state index contributed by atoms with van der Waals surface area (Å²) in [5.74, 6) is -1.05. The first-order chi connectivity index (χ1) is 15.4. The van der Waals surface area contributed by atoms with Crippen LogP contribution in [-0.2, 0) is 6.54 Å². The normalized spacial score (nSPS) is 10.7. The van der Waals surface area contributed by atoms with Crippen molar-refractivity contribution >= 4 is 40.7 Å². The van der Waals surface area contributed by atoms with Crippen LogP contribution in [-0.4, -0.2) is 21.5 Å². The monoisotopic (exact) mass is 467 g/mol. The van der Waals surface area contributed by atoms with Crippen molar-refractivity contribution in [2.75, 3.05) is 5.32 Å². The number of ketones is 1. The first-order valence-electron chi connectivity index (χ1n) is 9.59. The zero-order valence-corrected chi connectivity index (χ0v) is 18.1. The van der Waals surface area contributed by atoms with Crippen molar-refractivity contribution in [1.82, 2.24) is 9.78 Å². The second kappa shape index (κ2) is 9.34. The predicted molar refractivity (Wildman–Crippen MR) is 122 cm³/mol. The Morgan fingerprint density at radius 3 is 2.38 bits per heavy atom. The number of carbonyl (C=O) groups excluding carboxylic acids is 2. The van der Waals surface area contributed by atoms with Crippen molar-refractivity contribution in [3.63, 3.8) is 0 Å². The molecule has 1 amide bonds. The van der Waals surface area contributed by atoms with Crippen molar-refractivity contribution in [2.45, 2.75) is 6.54 Å². The second-order valence-electron chi connectivity index (χ2n) is 6.99. The third-order valence-electron chi connectivity index (χ3n) is 4.71. The highest BCUT2D eigenvalue weighted by atomic mass is 35.5. The summed E-state index contributed by atoms with van der Waals surface area (Å²) in [6.45, 7) is 0.277. The van der Waals surface area contributed by atoms with Crippen molar-refractivity contribution in [3.05, 3.63) is 117 Å². The van der Waals surface area contributed by atoms with Gasteiger partial charge in [0.15, 0.2) is 11.6 Å². The molecule has 3 aromatic carbocycles. The standard InChI is InChI=1S/C24H16Cl2FN3O2/c25-17-10-8-16(9-11-17)22(31)19-6-1-2-7-20(19)24(32)28-23-21(26)14-30(29-23)13-15-4-3-5-18(27)12-15/h1-12,14H,13H2,(H,28,29,32). The molecule has 0 saturated heterocycles. The minimum absolute atomic E-state index is 0.141. The number of aromatic nitrogens is 2. The van der Waals surface area contributed by atoms with Crippen LogP contribution in [0.3, 0.4) is 0 Å². The maximum atomic E-state index is 13.4. The molecular formula is C24H16Cl2FN3O2. The molecule has 160 valence electrons. The third-order valence-corrected chi connectivity index (χ3v) is 5.23. The molecule has 0 aliphatic rings. The van der Waals surface area contributed by atoms with Crippen molar-refractivity contribution < 1.29 is 14.0 Å². The van der Waals surface area contributed by atoms with Crippen LogP contribution in [0.5, 0.6) is 0 Å². The lowest BCUT2D eigenvalue weighted by Crippen LogP contribution is -2.17. The molecule has 5 nitrogen and oxygen atoms in total. The van der Waals surface area contributed by atoms with E-state index in [9.17, 15) is 14.0 Å². The molecule has 32 heavy (non-hydrogen) atoms. The zero-order chi connectivity index (χ0) is 22.7. The van der Waals surface area contributed by atoms with Gasteiger partial charge >= 0.3 is 0 Å². The summed E-state index contributed by atoms with van der Waals surface area (Å²) < 4.78 is 14.9. The molecule has 0 atom stereocenters. The molecule has 0 spiro atoms. The van der Waals surface area contributed by atoms with E-state index < -0.39 is 5.91 Å². The smallest absolute Gasteiger partial charge is 0.257 e. The molecule has 0 unspecified atom stereocenters. The van der Waals surface area contributed by atoms with Crippen LogP contribution in [0.4, 0.5) is 10.2 Å². The summed E-state index contributed by atoms with van der Waals surface area (Å²) in [4.78, 5) is 25.9. The number of nitrogens with zero attached hydrogens (tertiary/aromatic N) is 2. The maximum absolute atomic E-state index is 13.4. The molecule has 1 aromatic heterocycles. The minimum Gasteiger partial charge on any atom is -0.304 e. The van der Waals surface area contributed by atoms with Gasteiger partial charge in [-0.3, -0.25) is 14.3 Å². The fourth-order valence-corrected chi connectivity index (χ4v) is 3.52. The van der Waals surface area contributed by atoms with Gasteiger partial charge in [-0.1, -0.05) is 53.5 Å². The molecule has 4 rings (SSSR count). The highest BCUT2D eigenvalue weighted by Crippen LogP contribution is 2.23. The van der Waals surface area contributed by atoms with E-state index in [1.807, 2.05) is 0 Å². The number of hydrogen-bond donors (Lipinski definition) is 1. The first kappa shape index (κ1) is 21.7. The van der Waals surface area contributed by atoms with E-state index in [-0.39, 0.29) is 40.1 Å². The summed E-state index contributed by atoms with van der Waals surface area (Å²) >= 11 is 12.1. The van der Waals surface area contributed by atoms with Crippen LogP contribution >= 0.6 is 23.2 Å². The molecule has 0 bridgehead atoms. The third kappa shape index (κ3) is 4.88.